The number of imidazole rings is 1. The first-order valence-corrected chi connectivity index (χ1v) is 7.13. The molecule has 0 amide bonds. The molecule has 0 aliphatic heterocycles. The predicted octanol–water partition coefficient (Wildman–Crippen LogP) is 4.12. The number of fused-ring (bicyclic) bond motifs is 1. The van der Waals surface area contributed by atoms with Crippen LogP contribution in [0.15, 0.2) is 48.8 Å². The van der Waals surface area contributed by atoms with Crippen LogP contribution in [0.4, 0.5) is 8.78 Å². The fourth-order valence-corrected chi connectivity index (χ4v) is 2.32. The van der Waals surface area contributed by atoms with Gasteiger partial charge in [0.2, 0.25) is 0 Å². The lowest BCUT2D eigenvalue weighted by Crippen LogP contribution is -2.06. The Morgan fingerprint density at radius 1 is 1.26 bits per heavy atom. The fraction of sp³-hybridized carbons (Fsp3) is 0.176. The van der Waals surface area contributed by atoms with Crippen LogP contribution < -0.4 is 0 Å². The van der Waals surface area contributed by atoms with E-state index in [0.29, 0.717) is 22.5 Å². The van der Waals surface area contributed by atoms with Crippen molar-refractivity contribution in [2.45, 2.75) is 13.3 Å². The molecule has 3 aromatic rings. The van der Waals surface area contributed by atoms with Crippen LogP contribution in [0.3, 0.4) is 0 Å². The van der Waals surface area contributed by atoms with Gasteiger partial charge in [0.25, 0.3) is 6.43 Å². The second-order valence-corrected chi connectivity index (χ2v) is 4.92. The third-order valence-electron chi connectivity index (χ3n) is 3.44. The molecular formula is C17H14F2N2O2. The average molecular weight is 316 g/mol. The maximum atomic E-state index is 12.6. The molecule has 2 aromatic heterocycles. The number of hydrogen-bond donors (Lipinski definition) is 0. The summed E-state index contributed by atoms with van der Waals surface area (Å²) in [4.78, 5) is 16.4. The lowest BCUT2D eigenvalue weighted by molar-refractivity contribution is 0.0528. The number of aromatic nitrogens is 2. The van der Waals surface area contributed by atoms with Gasteiger partial charge in [-0.2, -0.15) is 0 Å². The summed E-state index contributed by atoms with van der Waals surface area (Å²) in [5.41, 5.74) is 2.10. The first kappa shape index (κ1) is 15.1. The first-order chi connectivity index (χ1) is 11.1. The molecule has 0 unspecified atom stereocenters. The molecule has 0 saturated carbocycles. The van der Waals surface area contributed by atoms with Crippen molar-refractivity contribution in [3.8, 4) is 11.3 Å². The van der Waals surface area contributed by atoms with Crippen molar-refractivity contribution in [3.05, 3.63) is 59.9 Å². The topological polar surface area (TPSA) is 43.6 Å². The molecule has 1 aromatic carbocycles. The number of pyridine rings is 1. The summed E-state index contributed by atoms with van der Waals surface area (Å²) in [5.74, 6) is -0.441. The van der Waals surface area contributed by atoms with E-state index >= 15 is 0 Å². The number of esters is 1. The number of alkyl halides is 2. The molecule has 0 radical (unpaired) electrons. The monoisotopic (exact) mass is 316 g/mol. The van der Waals surface area contributed by atoms with Crippen molar-refractivity contribution in [1.29, 1.82) is 0 Å². The molecule has 0 spiro atoms. The molecule has 0 bridgehead atoms. The van der Waals surface area contributed by atoms with Gasteiger partial charge in [0.1, 0.15) is 5.56 Å². The molecule has 4 nitrogen and oxygen atoms in total. The van der Waals surface area contributed by atoms with Gasteiger partial charge in [0, 0.05) is 23.5 Å². The molecule has 118 valence electrons. The van der Waals surface area contributed by atoms with E-state index in [1.165, 1.54) is 12.1 Å². The van der Waals surface area contributed by atoms with Crippen molar-refractivity contribution >= 4 is 11.6 Å². The van der Waals surface area contributed by atoms with Gasteiger partial charge in [-0.1, -0.05) is 24.3 Å². The number of ether oxygens (including phenoxy) is 1. The third-order valence-corrected chi connectivity index (χ3v) is 3.44. The Labute approximate surface area is 131 Å². The highest BCUT2D eigenvalue weighted by Gasteiger charge is 2.15. The Kier molecular flexibility index (Phi) is 4.06. The Morgan fingerprint density at radius 2 is 2.00 bits per heavy atom. The Balaban J connectivity index is 2.03. The molecule has 0 aliphatic rings. The lowest BCUT2D eigenvalue weighted by Gasteiger charge is -2.02. The normalized spacial score (nSPS) is 11.1. The van der Waals surface area contributed by atoms with Crippen molar-refractivity contribution in [2.24, 2.45) is 0 Å². The SMILES string of the molecule is CCOC(=O)c1cccn2cc(-c3ccc(C(F)F)cc3)nc12. The summed E-state index contributed by atoms with van der Waals surface area (Å²) in [6, 6.07) is 9.29. The maximum absolute atomic E-state index is 12.6. The second-order valence-electron chi connectivity index (χ2n) is 4.92. The summed E-state index contributed by atoms with van der Waals surface area (Å²) in [6.45, 7) is 2.02. The van der Waals surface area contributed by atoms with E-state index in [1.807, 2.05) is 0 Å². The smallest absolute Gasteiger partial charge is 0.341 e. The van der Waals surface area contributed by atoms with Crippen molar-refractivity contribution < 1.29 is 18.3 Å². The van der Waals surface area contributed by atoms with E-state index < -0.39 is 12.4 Å². The van der Waals surface area contributed by atoms with Crippen LogP contribution in [0.5, 0.6) is 0 Å². The van der Waals surface area contributed by atoms with E-state index in [2.05, 4.69) is 4.98 Å². The standard InChI is InChI=1S/C17H14F2N2O2/c1-2-23-17(22)13-4-3-9-21-10-14(20-16(13)21)11-5-7-12(8-6-11)15(18)19/h3-10,15H,2H2,1H3. The summed E-state index contributed by atoms with van der Waals surface area (Å²) < 4.78 is 32.0. The van der Waals surface area contributed by atoms with E-state index in [4.69, 9.17) is 4.74 Å². The van der Waals surface area contributed by atoms with Crippen molar-refractivity contribution in [2.75, 3.05) is 6.61 Å². The van der Waals surface area contributed by atoms with Gasteiger partial charge in [0.15, 0.2) is 5.65 Å². The molecule has 6 heteroatoms. The first-order valence-electron chi connectivity index (χ1n) is 7.13. The molecule has 0 fully saturated rings. The predicted molar refractivity (Wildman–Crippen MR) is 81.5 cm³/mol. The molecule has 3 rings (SSSR count). The van der Waals surface area contributed by atoms with Gasteiger partial charge in [0.05, 0.1) is 12.3 Å². The molecular weight excluding hydrogens is 302 g/mol. The highest BCUT2D eigenvalue weighted by Crippen LogP contribution is 2.25. The van der Waals surface area contributed by atoms with Gasteiger partial charge >= 0.3 is 5.97 Å². The highest BCUT2D eigenvalue weighted by molar-refractivity contribution is 5.96. The zero-order valence-corrected chi connectivity index (χ0v) is 12.4. The van der Waals surface area contributed by atoms with Crippen LogP contribution in [-0.2, 0) is 4.74 Å². The number of carbonyl (C=O) groups is 1. The summed E-state index contributed by atoms with van der Waals surface area (Å²) in [5, 5.41) is 0. The number of halogens is 2. The molecule has 0 saturated heterocycles. The third kappa shape index (κ3) is 2.92. The number of benzene rings is 1. The zero-order valence-electron chi connectivity index (χ0n) is 12.4. The number of hydrogen-bond acceptors (Lipinski definition) is 3. The van der Waals surface area contributed by atoms with Crippen molar-refractivity contribution in [1.82, 2.24) is 9.38 Å². The number of carbonyl (C=O) groups excluding carboxylic acids is 1. The molecule has 0 atom stereocenters. The minimum Gasteiger partial charge on any atom is -0.462 e. The van der Waals surface area contributed by atoms with Gasteiger partial charge < -0.3 is 9.14 Å². The Bertz CT molecular complexity index is 841. The van der Waals surface area contributed by atoms with Gasteiger partial charge in [-0.25, -0.2) is 18.6 Å². The van der Waals surface area contributed by atoms with Crippen LogP contribution >= 0.6 is 0 Å². The molecule has 0 aliphatic carbocycles. The van der Waals surface area contributed by atoms with Crippen LogP contribution in [0.25, 0.3) is 16.9 Å². The fourth-order valence-electron chi connectivity index (χ4n) is 2.32. The van der Waals surface area contributed by atoms with Gasteiger partial charge in [-0.15, -0.1) is 0 Å². The van der Waals surface area contributed by atoms with Crippen LogP contribution in [0.1, 0.15) is 29.3 Å². The molecule has 0 N–H and O–H groups in total. The summed E-state index contributed by atoms with van der Waals surface area (Å²) >= 11 is 0. The minimum absolute atomic E-state index is 0.0373. The van der Waals surface area contributed by atoms with E-state index in [-0.39, 0.29) is 12.2 Å². The van der Waals surface area contributed by atoms with Crippen LogP contribution in [0, 0.1) is 0 Å². The molecule has 23 heavy (non-hydrogen) atoms. The highest BCUT2D eigenvalue weighted by atomic mass is 19.3. The second kappa shape index (κ2) is 6.16. The van der Waals surface area contributed by atoms with E-state index in [0.717, 1.165) is 0 Å². The van der Waals surface area contributed by atoms with Crippen LogP contribution in [0.2, 0.25) is 0 Å². The summed E-state index contributed by atoms with van der Waals surface area (Å²) in [6.07, 6.45) is 1.01. The number of nitrogens with zero attached hydrogens (tertiary/aromatic N) is 2. The van der Waals surface area contributed by atoms with Crippen LogP contribution in [-0.4, -0.2) is 22.0 Å². The van der Waals surface area contributed by atoms with E-state index in [9.17, 15) is 13.6 Å². The maximum Gasteiger partial charge on any atom is 0.341 e. The molecule has 2 heterocycles. The van der Waals surface area contributed by atoms with E-state index in [1.54, 1.807) is 48.0 Å². The minimum atomic E-state index is -2.50. The summed E-state index contributed by atoms with van der Waals surface area (Å²) in [7, 11) is 0. The quantitative estimate of drug-likeness (QED) is 0.680. The number of rotatable bonds is 4. The Morgan fingerprint density at radius 3 is 2.65 bits per heavy atom. The lowest BCUT2D eigenvalue weighted by atomic mass is 10.1. The largest absolute Gasteiger partial charge is 0.462 e. The van der Waals surface area contributed by atoms with Crippen molar-refractivity contribution in [3.63, 3.8) is 0 Å². The average Bonchev–Trinajstić information content (AvgIpc) is 2.99. The van der Waals surface area contributed by atoms with Gasteiger partial charge in [-0.3, -0.25) is 0 Å². The van der Waals surface area contributed by atoms with Gasteiger partial charge in [-0.05, 0) is 19.1 Å². The zero-order chi connectivity index (χ0) is 16.4. The Hall–Kier alpha value is -2.76.